The summed E-state index contributed by atoms with van der Waals surface area (Å²) in [5.74, 6) is 1.55. The number of ether oxygens (including phenoxy) is 4. The van der Waals surface area contributed by atoms with Crippen LogP contribution in [0.1, 0.15) is 24.0 Å². The minimum absolute atomic E-state index is 0.0183. The van der Waals surface area contributed by atoms with Crippen LogP contribution in [0.15, 0.2) is 60.7 Å². The van der Waals surface area contributed by atoms with E-state index in [0.717, 1.165) is 16.9 Å². The van der Waals surface area contributed by atoms with Crippen LogP contribution < -0.4 is 29.2 Å². The lowest BCUT2D eigenvalue weighted by molar-refractivity contribution is -0.122. The third-order valence-electron chi connectivity index (χ3n) is 5.63. The van der Waals surface area contributed by atoms with Crippen molar-refractivity contribution < 1.29 is 28.5 Å². The highest BCUT2D eigenvalue weighted by Gasteiger charge is 2.22. The molecule has 0 aromatic heterocycles. The molecule has 8 nitrogen and oxygen atoms in total. The van der Waals surface area contributed by atoms with E-state index in [9.17, 15) is 9.59 Å². The quantitative estimate of drug-likeness (QED) is 0.406. The third kappa shape index (κ3) is 6.69. The Morgan fingerprint density at radius 3 is 2.03 bits per heavy atom. The molecule has 0 unspecified atom stereocenters. The van der Waals surface area contributed by atoms with E-state index < -0.39 is 0 Å². The maximum absolute atomic E-state index is 13.4. The number of methoxy groups -OCH3 is 4. The van der Waals surface area contributed by atoms with Gasteiger partial charge in [-0.25, -0.2) is 0 Å². The number of benzene rings is 3. The average molecular weight is 493 g/mol. The summed E-state index contributed by atoms with van der Waals surface area (Å²) < 4.78 is 21.6. The molecule has 0 aliphatic carbocycles. The number of carbonyl (C=O) groups is 2. The number of amides is 2. The molecule has 36 heavy (non-hydrogen) atoms. The first kappa shape index (κ1) is 26.4. The Morgan fingerprint density at radius 2 is 1.47 bits per heavy atom. The molecule has 8 heteroatoms. The molecule has 0 bridgehead atoms. The lowest BCUT2D eigenvalue weighted by Crippen LogP contribution is -2.31. The minimum Gasteiger partial charge on any atom is -0.497 e. The molecule has 0 saturated heterocycles. The van der Waals surface area contributed by atoms with Gasteiger partial charge in [0.2, 0.25) is 17.6 Å². The Bertz CT molecular complexity index is 1170. The lowest BCUT2D eigenvalue weighted by Gasteiger charge is -2.25. The van der Waals surface area contributed by atoms with E-state index >= 15 is 0 Å². The number of nitrogens with zero attached hydrogens (tertiary/aromatic N) is 1. The molecule has 1 N–H and O–H groups in total. The van der Waals surface area contributed by atoms with Gasteiger partial charge in [-0.05, 0) is 42.3 Å². The predicted octanol–water partition coefficient (Wildman–Crippen LogP) is 4.98. The molecule has 3 aromatic rings. The fraction of sp³-hybridized carbons (Fsp3) is 0.286. The zero-order valence-corrected chi connectivity index (χ0v) is 21.3. The van der Waals surface area contributed by atoms with Gasteiger partial charge >= 0.3 is 0 Å². The highest BCUT2D eigenvalue weighted by molar-refractivity contribution is 5.98. The van der Waals surface area contributed by atoms with Gasteiger partial charge in [0.15, 0.2) is 11.5 Å². The van der Waals surface area contributed by atoms with Gasteiger partial charge in [-0.15, -0.1) is 0 Å². The second-order valence-electron chi connectivity index (χ2n) is 8.13. The van der Waals surface area contributed by atoms with Gasteiger partial charge in [-0.2, -0.15) is 0 Å². The first-order chi connectivity index (χ1) is 17.4. The first-order valence-electron chi connectivity index (χ1n) is 11.5. The average Bonchev–Trinajstić information content (AvgIpc) is 2.89. The summed E-state index contributed by atoms with van der Waals surface area (Å²) in [6.45, 7) is 2.23. The number of hydrogen-bond acceptors (Lipinski definition) is 6. The third-order valence-corrected chi connectivity index (χ3v) is 5.63. The largest absolute Gasteiger partial charge is 0.497 e. The van der Waals surface area contributed by atoms with E-state index in [1.807, 2.05) is 55.5 Å². The first-order valence-corrected chi connectivity index (χ1v) is 11.5. The molecule has 0 atom stereocenters. The molecule has 0 heterocycles. The zero-order valence-electron chi connectivity index (χ0n) is 21.3. The van der Waals surface area contributed by atoms with Gasteiger partial charge in [-0.1, -0.05) is 24.3 Å². The van der Waals surface area contributed by atoms with Crippen LogP contribution in [-0.4, -0.2) is 40.3 Å². The van der Waals surface area contributed by atoms with Gasteiger partial charge in [0, 0.05) is 30.7 Å². The van der Waals surface area contributed by atoms with Gasteiger partial charge in [0.05, 0.1) is 40.7 Å². The monoisotopic (exact) mass is 492 g/mol. The minimum atomic E-state index is -0.233. The normalized spacial score (nSPS) is 10.4. The number of nitrogens with one attached hydrogen (secondary N) is 1. The van der Waals surface area contributed by atoms with Crippen molar-refractivity contribution in [1.29, 1.82) is 0 Å². The van der Waals surface area contributed by atoms with E-state index in [1.165, 1.54) is 21.3 Å². The van der Waals surface area contributed by atoms with Crippen LogP contribution in [0.25, 0.3) is 0 Å². The molecule has 190 valence electrons. The summed E-state index contributed by atoms with van der Waals surface area (Å²) in [4.78, 5) is 27.6. The van der Waals surface area contributed by atoms with E-state index in [0.29, 0.717) is 28.6 Å². The van der Waals surface area contributed by atoms with Crippen LogP contribution in [0.2, 0.25) is 0 Å². The van der Waals surface area contributed by atoms with Crippen LogP contribution in [0, 0.1) is 6.92 Å². The molecule has 0 fully saturated rings. The highest BCUT2D eigenvalue weighted by atomic mass is 16.5. The molecule has 0 aliphatic rings. The van der Waals surface area contributed by atoms with Crippen molar-refractivity contribution in [3.63, 3.8) is 0 Å². The van der Waals surface area contributed by atoms with Crippen LogP contribution in [0.5, 0.6) is 23.0 Å². The summed E-state index contributed by atoms with van der Waals surface area (Å²) >= 11 is 0. The fourth-order valence-electron chi connectivity index (χ4n) is 3.76. The predicted molar refractivity (Wildman–Crippen MR) is 139 cm³/mol. The molecular formula is C28H32N2O6. The smallest absolute Gasteiger partial charge is 0.227 e. The number of carbonyl (C=O) groups excluding carboxylic acids is 2. The zero-order chi connectivity index (χ0) is 26.1. The molecule has 0 aliphatic heterocycles. The van der Waals surface area contributed by atoms with Gasteiger partial charge in [0.1, 0.15) is 5.75 Å². The van der Waals surface area contributed by atoms with Gasteiger partial charge in [0.25, 0.3) is 0 Å². The van der Waals surface area contributed by atoms with Crippen LogP contribution >= 0.6 is 0 Å². The SMILES string of the molecule is COc1ccc(CN(C(=O)CCC(=O)Nc2cccc(C)c2)c2cc(OC)c(OC)c(OC)c2)cc1. The van der Waals surface area contributed by atoms with Crippen molar-refractivity contribution >= 4 is 23.2 Å². The summed E-state index contributed by atoms with van der Waals surface area (Å²) in [6.07, 6.45) is 0.0563. The summed E-state index contributed by atoms with van der Waals surface area (Å²) in [5.41, 5.74) is 3.19. The van der Waals surface area contributed by atoms with E-state index in [2.05, 4.69) is 5.32 Å². The molecule has 0 radical (unpaired) electrons. The van der Waals surface area contributed by atoms with E-state index in [1.54, 1.807) is 24.1 Å². The lowest BCUT2D eigenvalue weighted by atomic mass is 10.1. The topological polar surface area (TPSA) is 86.3 Å². The Morgan fingerprint density at radius 1 is 0.806 bits per heavy atom. The summed E-state index contributed by atoms with van der Waals surface area (Å²) in [7, 11) is 6.16. The Hall–Kier alpha value is -4.20. The van der Waals surface area contributed by atoms with Crippen molar-refractivity contribution in [2.24, 2.45) is 0 Å². The maximum Gasteiger partial charge on any atom is 0.227 e. The van der Waals surface area contributed by atoms with Crippen LogP contribution in [-0.2, 0) is 16.1 Å². The van der Waals surface area contributed by atoms with Gasteiger partial charge < -0.3 is 29.2 Å². The fourth-order valence-corrected chi connectivity index (χ4v) is 3.76. The Labute approximate surface area is 211 Å². The highest BCUT2D eigenvalue weighted by Crippen LogP contribution is 2.41. The van der Waals surface area contributed by atoms with Crippen molar-refractivity contribution in [1.82, 2.24) is 0 Å². The number of aryl methyl sites for hydroxylation is 1. The van der Waals surface area contributed by atoms with Crippen LogP contribution in [0.4, 0.5) is 11.4 Å². The van der Waals surface area contributed by atoms with Crippen molar-refractivity contribution in [2.75, 3.05) is 38.7 Å². The second kappa shape index (κ2) is 12.5. The second-order valence-corrected chi connectivity index (χ2v) is 8.13. The summed E-state index contributed by atoms with van der Waals surface area (Å²) in [5, 5.41) is 2.85. The standard InChI is InChI=1S/C28H32N2O6/c1-19-7-6-8-21(15-19)29-26(31)13-14-27(32)30(18-20-9-11-23(33-2)12-10-20)22-16-24(34-3)28(36-5)25(17-22)35-4/h6-12,15-17H,13-14,18H2,1-5H3,(H,29,31). The summed E-state index contributed by atoms with van der Waals surface area (Å²) in [6, 6.07) is 18.4. The molecule has 0 saturated carbocycles. The number of anilines is 2. The number of rotatable bonds is 11. The van der Waals surface area contributed by atoms with Crippen molar-refractivity contribution in [2.45, 2.75) is 26.3 Å². The molecule has 3 aromatic carbocycles. The molecule has 2 amide bonds. The van der Waals surface area contributed by atoms with E-state index in [4.69, 9.17) is 18.9 Å². The number of hydrogen-bond donors (Lipinski definition) is 1. The molecule has 0 spiro atoms. The Kier molecular flexibility index (Phi) is 9.16. The van der Waals surface area contributed by atoms with Crippen LogP contribution in [0.3, 0.4) is 0 Å². The van der Waals surface area contributed by atoms with Crippen molar-refractivity contribution in [3.8, 4) is 23.0 Å². The molecule has 3 rings (SSSR count). The van der Waals surface area contributed by atoms with E-state index in [-0.39, 0.29) is 31.2 Å². The Balaban J connectivity index is 1.85. The molecular weight excluding hydrogens is 460 g/mol. The maximum atomic E-state index is 13.4. The van der Waals surface area contributed by atoms with Crippen molar-refractivity contribution in [3.05, 3.63) is 71.8 Å². The van der Waals surface area contributed by atoms with Gasteiger partial charge in [-0.3, -0.25) is 9.59 Å².